The maximum Gasteiger partial charge on any atom is 0.146 e. The van der Waals surface area contributed by atoms with Gasteiger partial charge in [0.25, 0.3) is 0 Å². The molecule has 0 unspecified atom stereocenters. The predicted molar refractivity (Wildman–Crippen MR) is 59.7 cm³/mol. The molecule has 0 bridgehead atoms. The summed E-state index contributed by atoms with van der Waals surface area (Å²) in [7, 11) is 0. The number of hydrogen-bond donors (Lipinski definition) is 0. The van der Waals surface area contributed by atoms with E-state index in [-0.39, 0.29) is 0 Å². The fraction of sp³-hybridized carbons (Fsp3) is 0.846. The van der Waals surface area contributed by atoms with Crippen molar-refractivity contribution in [2.24, 2.45) is 17.3 Å². The molecule has 1 rings (SSSR count). The van der Waals surface area contributed by atoms with Crippen LogP contribution >= 0.6 is 0 Å². The molecule has 0 saturated heterocycles. The topological polar surface area (TPSA) is 47.6 Å². The van der Waals surface area contributed by atoms with Gasteiger partial charge in [-0.05, 0) is 31.1 Å². The predicted octanol–water partition coefficient (Wildman–Crippen LogP) is 3.65. The summed E-state index contributed by atoms with van der Waals surface area (Å²) in [6, 6.07) is 4.61. The molecule has 0 heterocycles. The summed E-state index contributed by atoms with van der Waals surface area (Å²) in [5, 5.41) is 18.6. The second-order valence-corrected chi connectivity index (χ2v) is 5.13. The Kier molecular flexibility index (Phi) is 4.15. The molecule has 0 spiro atoms. The fourth-order valence-electron chi connectivity index (χ4n) is 2.70. The molecule has 1 saturated carbocycles. The molecule has 2 heteroatoms. The lowest BCUT2D eigenvalue weighted by Crippen LogP contribution is -2.31. The number of nitriles is 2. The minimum atomic E-state index is -0.714. The Morgan fingerprint density at radius 2 is 1.67 bits per heavy atom. The minimum Gasteiger partial charge on any atom is -0.197 e. The Morgan fingerprint density at radius 3 is 2.07 bits per heavy atom. The standard InChI is InChI=1S/C13H20N2/c1-11(2)8-13(9-14,10-15)12-6-4-3-5-7-12/h11-12H,3-8H2,1-2H3. The van der Waals surface area contributed by atoms with Gasteiger partial charge in [0.15, 0.2) is 0 Å². The highest BCUT2D eigenvalue weighted by atomic mass is 14.5. The summed E-state index contributed by atoms with van der Waals surface area (Å²) in [4.78, 5) is 0. The second-order valence-electron chi connectivity index (χ2n) is 5.13. The molecule has 0 N–H and O–H groups in total. The van der Waals surface area contributed by atoms with Crippen LogP contribution in [0.15, 0.2) is 0 Å². The van der Waals surface area contributed by atoms with Gasteiger partial charge >= 0.3 is 0 Å². The van der Waals surface area contributed by atoms with Crippen LogP contribution in [0, 0.1) is 39.9 Å². The summed E-state index contributed by atoms with van der Waals surface area (Å²) in [5.41, 5.74) is -0.714. The summed E-state index contributed by atoms with van der Waals surface area (Å²) in [5.74, 6) is 0.731. The summed E-state index contributed by atoms with van der Waals surface area (Å²) in [6.45, 7) is 4.18. The van der Waals surface area contributed by atoms with Crippen LogP contribution in [-0.2, 0) is 0 Å². The van der Waals surface area contributed by atoms with Crippen molar-refractivity contribution in [3.8, 4) is 12.1 Å². The smallest absolute Gasteiger partial charge is 0.146 e. The molecule has 1 fully saturated rings. The van der Waals surface area contributed by atoms with Crippen molar-refractivity contribution in [3.05, 3.63) is 0 Å². The largest absolute Gasteiger partial charge is 0.197 e. The zero-order valence-corrected chi connectivity index (χ0v) is 9.79. The first-order valence-electron chi connectivity index (χ1n) is 5.97. The third kappa shape index (κ3) is 2.72. The van der Waals surface area contributed by atoms with Crippen LogP contribution in [0.3, 0.4) is 0 Å². The van der Waals surface area contributed by atoms with Gasteiger partial charge < -0.3 is 0 Å². The maximum atomic E-state index is 9.31. The molecule has 0 aromatic heterocycles. The van der Waals surface area contributed by atoms with E-state index in [0.29, 0.717) is 11.8 Å². The molecule has 0 radical (unpaired) electrons. The van der Waals surface area contributed by atoms with Crippen molar-refractivity contribution >= 4 is 0 Å². The molecule has 15 heavy (non-hydrogen) atoms. The zero-order chi connectivity index (χ0) is 11.3. The van der Waals surface area contributed by atoms with Crippen LogP contribution in [0.5, 0.6) is 0 Å². The van der Waals surface area contributed by atoms with Gasteiger partial charge in [0.1, 0.15) is 5.41 Å². The zero-order valence-electron chi connectivity index (χ0n) is 9.79. The van der Waals surface area contributed by atoms with Crippen LogP contribution in [0.4, 0.5) is 0 Å². The van der Waals surface area contributed by atoms with Crippen LogP contribution in [0.2, 0.25) is 0 Å². The van der Waals surface area contributed by atoms with Gasteiger partial charge in [-0.15, -0.1) is 0 Å². The molecule has 0 atom stereocenters. The monoisotopic (exact) mass is 204 g/mol. The summed E-state index contributed by atoms with van der Waals surface area (Å²) >= 11 is 0. The Labute approximate surface area is 92.9 Å². The van der Waals surface area contributed by atoms with Crippen LogP contribution < -0.4 is 0 Å². The Morgan fingerprint density at radius 1 is 1.13 bits per heavy atom. The van der Waals surface area contributed by atoms with Crippen LogP contribution in [0.25, 0.3) is 0 Å². The first kappa shape index (κ1) is 12.1. The van der Waals surface area contributed by atoms with E-state index in [1.165, 1.54) is 19.3 Å². The molecule has 0 aromatic rings. The number of hydrogen-bond acceptors (Lipinski definition) is 2. The molecular weight excluding hydrogens is 184 g/mol. The SMILES string of the molecule is CC(C)CC(C#N)(C#N)C1CCCCC1. The van der Waals surface area contributed by atoms with E-state index >= 15 is 0 Å². The summed E-state index contributed by atoms with van der Waals surface area (Å²) in [6.07, 6.45) is 6.50. The van der Waals surface area contributed by atoms with Crippen molar-refractivity contribution in [2.45, 2.75) is 52.4 Å². The molecular formula is C13H20N2. The Balaban J connectivity index is 2.80. The number of rotatable bonds is 3. The average molecular weight is 204 g/mol. The molecule has 1 aliphatic rings. The van der Waals surface area contributed by atoms with E-state index in [1.54, 1.807) is 0 Å². The van der Waals surface area contributed by atoms with Crippen molar-refractivity contribution < 1.29 is 0 Å². The maximum absolute atomic E-state index is 9.31. The molecule has 1 aliphatic carbocycles. The highest BCUT2D eigenvalue weighted by Gasteiger charge is 2.40. The van der Waals surface area contributed by atoms with Gasteiger partial charge in [0, 0.05) is 0 Å². The third-order valence-electron chi connectivity index (χ3n) is 3.43. The van der Waals surface area contributed by atoms with Crippen molar-refractivity contribution in [2.75, 3.05) is 0 Å². The molecule has 0 amide bonds. The third-order valence-corrected chi connectivity index (χ3v) is 3.43. The van der Waals surface area contributed by atoms with Crippen molar-refractivity contribution in [1.82, 2.24) is 0 Å². The van der Waals surface area contributed by atoms with E-state index in [9.17, 15) is 10.5 Å². The highest BCUT2D eigenvalue weighted by Crippen LogP contribution is 2.42. The van der Waals surface area contributed by atoms with Gasteiger partial charge in [-0.2, -0.15) is 10.5 Å². The van der Waals surface area contributed by atoms with Crippen molar-refractivity contribution in [1.29, 1.82) is 10.5 Å². The van der Waals surface area contributed by atoms with Crippen LogP contribution in [-0.4, -0.2) is 0 Å². The first-order chi connectivity index (χ1) is 7.14. The van der Waals surface area contributed by atoms with Crippen molar-refractivity contribution in [3.63, 3.8) is 0 Å². The second kappa shape index (κ2) is 5.17. The Bertz CT molecular complexity index is 260. The average Bonchev–Trinajstić information content (AvgIpc) is 2.27. The lowest BCUT2D eigenvalue weighted by atomic mass is 9.67. The van der Waals surface area contributed by atoms with Gasteiger partial charge in [-0.25, -0.2) is 0 Å². The van der Waals surface area contributed by atoms with Gasteiger partial charge in [0.05, 0.1) is 12.1 Å². The van der Waals surface area contributed by atoms with E-state index in [1.807, 2.05) is 0 Å². The summed E-state index contributed by atoms with van der Waals surface area (Å²) < 4.78 is 0. The molecule has 0 aromatic carbocycles. The minimum absolute atomic E-state index is 0.309. The molecule has 0 aliphatic heterocycles. The van der Waals surface area contributed by atoms with Gasteiger partial charge in [-0.1, -0.05) is 33.1 Å². The quantitative estimate of drug-likeness (QED) is 0.704. The van der Waals surface area contributed by atoms with E-state index in [4.69, 9.17) is 0 Å². The first-order valence-corrected chi connectivity index (χ1v) is 5.97. The van der Waals surface area contributed by atoms with Gasteiger partial charge in [0.2, 0.25) is 0 Å². The van der Waals surface area contributed by atoms with E-state index in [2.05, 4.69) is 26.0 Å². The Hall–Kier alpha value is -1.02. The molecule has 2 nitrogen and oxygen atoms in total. The lowest BCUT2D eigenvalue weighted by molar-refractivity contribution is 0.203. The van der Waals surface area contributed by atoms with Crippen LogP contribution in [0.1, 0.15) is 52.4 Å². The van der Waals surface area contributed by atoms with Gasteiger partial charge in [-0.3, -0.25) is 0 Å². The lowest BCUT2D eigenvalue weighted by Gasteiger charge is -2.33. The molecule has 82 valence electrons. The fourth-order valence-corrected chi connectivity index (χ4v) is 2.70. The highest BCUT2D eigenvalue weighted by molar-refractivity contribution is 5.17. The van der Waals surface area contributed by atoms with E-state index < -0.39 is 5.41 Å². The van der Waals surface area contributed by atoms with E-state index in [0.717, 1.165) is 19.3 Å². The normalized spacial score (nSPS) is 18.5. The number of nitrogens with zero attached hydrogens (tertiary/aromatic N) is 2.